The number of hydrogen-bond acceptors (Lipinski definition) is 3. The molecule has 0 spiro atoms. The molecule has 0 aliphatic rings. The maximum absolute atomic E-state index is 5.55. The van der Waals surface area contributed by atoms with Gasteiger partial charge in [0.15, 0.2) is 0 Å². The Balaban J connectivity index is 2.95. The van der Waals surface area contributed by atoms with Crippen molar-refractivity contribution in [1.82, 2.24) is 9.66 Å². The number of hydrogen-bond donors (Lipinski definition) is 2. The predicted octanol–water partition coefficient (Wildman–Crippen LogP) is -1.25. The van der Waals surface area contributed by atoms with E-state index >= 15 is 0 Å². The molecule has 0 aliphatic carbocycles. The van der Waals surface area contributed by atoms with Crippen LogP contribution in [0.1, 0.15) is 0 Å². The Bertz CT molecular complexity index is 355. The van der Waals surface area contributed by atoms with E-state index in [0.717, 1.165) is 5.52 Å². The Hall–Kier alpha value is -1.78. The first-order valence-electron chi connectivity index (χ1n) is 3.17. The second-order valence-corrected chi connectivity index (χ2v) is 2.28. The van der Waals surface area contributed by atoms with Crippen LogP contribution in [0.25, 0.3) is 11.2 Å². The van der Waals surface area contributed by atoms with E-state index in [0.29, 0.717) is 5.65 Å². The summed E-state index contributed by atoms with van der Waals surface area (Å²) in [7, 11) is 0. The SMILES string of the molecule is Nn1c[n+](N)c2ncccc21. The maximum Gasteiger partial charge on any atom is 0.325 e. The zero-order chi connectivity index (χ0) is 7.84. The van der Waals surface area contributed by atoms with Crippen LogP contribution < -0.4 is 16.4 Å². The lowest BCUT2D eigenvalue weighted by Crippen LogP contribution is -2.43. The van der Waals surface area contributed by atoms with Gasteiger partial charge in [0.1, 0.15) is 6.20 Å². The summed E-state index contributed by atoms with van der Waals surface area (Å²) in [5.74, 6) is 11.1. The molecule has 0 saturated carbocycles. The van der Waals surface area contributed by atoms with Crippen LogP contribution in [-0.2, 0) is 0 Å². The van der Waals surface area contributed by atoms with Crippen molar-refractivity contribution < 1.29 is 4.68 Å². The molecule has 2 aromatic heterocycles. The average Bonchev–Trinajstić information content (AvgIpc) is 2.30. The number of imidazole rings is 1. The van der Waals surface area contributed by atoms with Gasteiger partial charge in [-0.2, -0.15) is 4.68 Å². The molecule has 2 aromatic rings. The third-order valence-corrected chi connectivity index (χ3v) is 1.54. The van der Waals surface area contributed by atoms with Crippen LogP contribution in [0.5, 0.6) is 0 Å². The van der Waals surface area contributed by atoms with Gasteiger partial charge >= 0.3 is 5.65 Å². The highest BCUT2D eigenvalue weighted by Gasteiger charge is 2.10. The molecule has 0 radical (unpaired) electrons. The van der Waals surface area contributed by atoms with Crippen LogP contribution in [0.4, 0.5) is 0 Å². The van der Waals surface area contributed by atoms with Crippen LogP contribution >= 0.6 is 0 Å². The van der Waals surface area contributed by atoms with Crippen LogP contribution in [-0.4, -0.2) is 9.66 Å². The van der Waals surface area contributed by atoms with E-state index in [4.69, 9.17) is 11.7 Å². The summed E-state index contributed by atoms with van der Waals surface area (Å²) < 4.78 is 2.82. The van der Waals surface area contributed by atoms with E-state index in [9.17, 15) is 0 Å². The highest BCUT2D eigenvalue weighted by atomic mass is 15.4. The van der Waals surface area contributed by atoms with Gasteiger partial charge in [-0.25, -0.2) is 0 Å². The van der Waals surface area contributed by atoms with Crippen LogP contribution in [0.2, 0.25) is 0 Å². The van der Waals surface area contributed by atoms with Crippen molar-refractivity contribution in [2.24, 2.45) is 0 Å². The Labute approximate surface area is 62.8 Å². The van der Waals surface area contributed by atoms with Gasteiger partial charge in [-0.1, -0.05) is 0 Å². The van der Waals surface area contributed by atoms with E-state index in [1.54, 1.807) is 12.5 Å². The largest absolute Gasteiger partial charge is 0.325 e. The molecule has 56 valence electrons. The number of pyridine rings is 1. The van der Waals surface area contributed by atoms with Crippen molar-refractivity contribution in [3.8, 4) is 0 Å². The number of fused-ring (bicyclic) bond motifs is 1. The zero-order valence-electron chi connectivity index (χ0n) is 5.81. The minimum atomic E-state index is 0.676. The molecular formula is C6H8N5+. The summed E-state index contributed by atoms with van der Waals surface area (Å²) >= 11 is 0. The minimum Gasteiger partial charge on any atom is -0.291 e. The fraction of sp³-hybridized carbons (Fsp3) is 0. The first-order valence-corrected chi connectivity index (χ1v) is 3.17. The predicted molar refractivity (Wildman–Crippen MR) is 40.2 cm³/mol. The van der Waals surface area contributed by atoms with Gasteiger partial charge in [-0.05, 0) is 12.1 Å². The molecule has 5 heteroatoms. The lowest BCUT2D eigenvalue weighted by atomic mass is 10.4. The van der Waals surface area contributed by atoms with Crippen molar-refractivity contribution >= 4 is 11.2 Å². The van der Waals surface area contributed by atoms with Gasteiger partial charge in [0.25, 0.3) is 0 Å². The number of aromatic nitrogens is 3. The summed E-state index contributed by atoms with van der Waals surface area (Å²) in [6.07, 6.45) is 3.24. The molecular weight excluding hydrogens is 142 g/mol. The Morgan fingerprint density at radius 1 is 1.55 bits per heavy atom. The monoisotopic (exact) mass is 150 g/mol. The molecule has 0 amide bonds. The number of nitrogens with zero attached hydrogens (tertiary/aromatic N) is 3. The Morgan fingerprint density at radius 3 is 3.09 bits per heavy atom. The smallest absolute Gasteiger partial charge is 0.291 e. The van der Waals surface area contributed by atoms with Crippen LogP contribution in [0.15, 0.2) is 24.7 Å². The molecule has 2 rings (SSSR count). The van der Waals surface area contributed by atoms with E-state index in [2.05, 4.69) is 4.98 Å². The molecule has 4 N–H and O–H groups in total. The molecule has 5 nitrogen and oxygen atoms in total. The van der Waals surface area contributed by atoms with Crippen molar-refractivity contribution in [1.29, 1.82) is 0 Å². The molecule has 0 aliphatic heterocycles. The first-order chi connectivity index (χ1) is 5.29. The van der Waals surface area contributed by atoms with Crippen molar-refractivity contribution in [2.45, 2.75) is 0 Å². The van der Waals surface area contributed by atoms with Gasteiger partial charge in [0.2, 0.25) is 11.8 Å². The first kappa shape index (κ1) is 5.96. The second kappa shape index (κ2) is 1.85. The van der Waals surface area contributed by atoms with Crippen LogP contribution in [0.3, 0.4) is 0 Å². The molecule has 2 heterocycles. The average molecular weight is 150 g/mol. The second-order valence-electron chi connectivity index (χ2n) is 2.28. The molecule has 0 saturated heterocycles. The Kier molecular flexibility index (Phi) is 1.00. The molecule has 0 unspecified atom stereocenters. The summed E-state index contributed by atoms with van der Waals surface area (Å²) in [5, 5.41) is 0. The van der Waals surface area contributed by atoms with Gasteiger partial charge < -0.3 is 0 Å². The molecule has 11 heavy (non-hydrogen) atoms. The number of rotatable bonds is 0. The fourth-order valence-electron chi connectivity index (χ4n) is 1.04. The zero-order valence-corrected chi connectivity index (χ0v) is 5.81. The van der Waals surface area contributed by atoms with Crippen molar-refractivity contribution in [3.05, 3.63) is 24.7 Å². The summed E-state index contributed by atoms with van der Waals surface area (Å²) in [6.45, 7) is 0. The summed E-state index contributed by atoms with van der Waals surface area (Å²) in [4.78, 5) is 4.04. The van der Waals surface area contributed by atoms with Crippen molar-refractivity contribution in [3.63, 3.8) is 0 Å². The third kappa shape index (κ3) is 0.706. The third-order valence-electron chi connectivity index (χ3n) is 1.54. The quantitative estimate of drug-likeness (QED) is 0.364. The number of nitrogen functional groups attached to an aromatic ring is 2. The summed E-state index contributed by atoms with van der Waals surface area (Å²) in [6, 6.07) is 3.66. The van der Waals surface area contributed by atoms with Crippen LogP contribution in [0, 0.1) is 0 Å². The lowest BCUT2D eigenvalue weighted by molar-refractivity contribution is -0.614. The number of nitrogens with two attached hydrogens (primary N) is 2. The normalized spacial score (nSPS) is 10.5. The van der Waals surface area contributed by atoms with Gasteiger partial charge in [0.05, 0.1) is 0 Å². The Morgan fingerprint density at radius 2 is 2.36 bits per heavy atom. The van der Waals surface area contributed by atoms with E-state index in [1.165, 1.54) is 9.35 Å². The lowest BCUT2D eigenvalue weighted by Gasteiger charge is -1.82. The molecule has 0 bridgehead atoms. The van der Waals surface area contributed by atoms with Crippen molar-refractivity contribution in [2.75, 3.05) is 11.7 Å². The standard InChI is InChI=1S/C6H8N5/c7-10-4-11(8)6-5(10)2-1-3-9-6/h1-4H,7-8H2/q+1. The highest BCUT2D eigenvalue weighted by Crippen LogP contribution is 2.01. The highest BCUT2D eigenvalue weighted by molar-refractivity contribution is 5.66. The topological polar surface area (TPSA) is 73.7 Å². The van der Waals surface area contributed by atoms with Gasteiger partial charge in [-0.15, -0.1) is 9.66 Å². The van der Waals surface area contributed by atoms with Gasteiger partial charge in [0, 0.05) is 0 Å². The maximum atomic E-state index is 5.55. The minimum absolute atomic E-state index is 0.676. The van der Waals surface area contributed by atoms with E-state index in [1.807, 2.05) is 12.1 Å². The molecule has 0 aromatic carbocycles. The molecule has 0 atom stereocenters. The van der Waals surface area contributed by atoms with Gasteiger partial charge in [-0.3, -0.25) is 11.7 Å². The summed E-state index contributed by atoms with van der Waals surface area (Å²) in [5.41, 5.74) is 1.49. The fourth-order valence-corrected chi connectivity index (χ4v) is 1.04. The van der Waals surface area contributed by atoms with E-state index in [-0.39, 0.29) is 0 Å². The molecule has 0 fully saturated rings. The van der Waals surface area contributed by atoms with E-state index < -0.39 is 0 Å².